The second-order valence-electron chi connectivity index (χ2n) is 6.24. The highest BCUT2D eigenvalue weighted by Gasteiger charge is 2.42. The molecular formula is C14H28N2O3S. The van der Waals surface area contributed by atoms with Gasteiger partial charge in [0, 0.05) is 12.3 Å². The minimum Gasteiger partial charge on any atom is -0.322 e. The van der Waals surface area contributed by atoms with Gasteiger partial charge in [0.15, 0.2) is 0 Å². The largest absolute Gasteiger partial charge is 0.322 e. The van der Waals surface area contributed by atoms with E-state index in [4.69, 9.17) is 0 Å². The normalized spacial score (nSPS) is 25.5. The summed E-state index contributed by atoms with van der Waals surface area (Å²) in [6, 6.07) is -0.451. The third-order valence-corrected chi connectivity index (χ3v) is 4.81. The highest BCUT2D eigenvalue weighted by molar-refractivity contribution is 7.90. The van der Waals surface area contributed by atoms with Crippen LogP contribution in [0.15, 0.2) is 0 Å². The second-order valence-corrected chi connectivity index (χ2v) is 8.42. The fourth-order valence-corrected chi connectivity index (χ4v) is 3.85. The molecule has 6 heteroatoms. The van der Waals surface area contributed by atoms with Gasteiger partial charge in [0.25, 0.3) is 0 Å². The van der Waals surface area contributed by atoms with Crippen molar-refractivity contribution in [2.24, 2.45) is 5.92 Å². The van der Waals surface area contributed by atoms with Gasteiger partial charge in [-0.15, -0.1) is 0 Å². The second kappa shape index (κ2) is 6.89. The van der Waals surface area contributed by atoms with E-state index in [-0.39, 0.29) is 35.8 Å². The number of nitrogens with one attached hydrogen (secondary N) is 1. The minimum atomic E-state index is -3.09. The lowest BCUT2D eigenvalue weighted by Gasteiger charge is -2.32. The molecule has 1 fully saturated rings. The fourth-order valence-electron chi connectivity index (χ4n) is 2.81. The van der Waals surface area contributed by atoms with Crippen molar-refractivity contribution < 1.29 is 13.2 Å². The third kappa shape index (κ3) is 4.45. The molecule has 1 aliphatic rings. The van der Waals surface area contributed by atoms with Crippen molar-refractivity contribution in [3.8, 4) is 0 Å². The summed E-state index contributed by atoms with van der Waals surface area (Å²) in [5, 5.41) is 3.37. The molecule has 1 N–H and O–H groups in total. The Morgan fingerprint density at radius 3 is 2.35 bits per heavy atom. The summed E-state index contributed by atoms with van der Waals surface area (Å²) in [5.41, 5.74) is 0. The molecule has 1 aliphatic heterocycles. The first-order chi connectivity index (χ1) is 9.17. The molecule has 1 amide bonds. The molecule has 1 rings (SSSR count). The summed E-state index contributed by atoms with van der Waals surface area (Å²) in [4.78, 5) is 14.3. The van der Waals surface area contributed by atoms with Gasteiger partial charge in [-0.3, -0.25) is 10.1 Å². The maximum Gasteiger partial charge on any atom is 0.241 e. The number of hydrogen-bond donors (Lipinski definition) is 1. The van der Waals surface area contributed by atoms with E-state index in [0.29, 0.717) is 0 Å². The monoisotopic (exact) mass is 304 g/mol. The Morgan fingerprint density at radius 1 is 1.30 bits per heavy atom. The maximum absolute atomic E-state index is 12.5. The van der Waals surface area contributed by atoms with Crippen LogP contribution >= 0.6 is 0 Å². The SMILES string of the molecule is CCCCC1NC(C(C)C)N(C(C)CS(C)(=O)=O)C1=O. The Kier molecular flexibility index (Phi) is 6.01. The molecule has 5 nitrogen and oxygen atoms in total. The molecule has 0 aromatic rings. The lowest BCUT2D eigenvalue weighted by molar-refractivity contribution is -0.132. The van der Waals surface area contributed by atoms with Crippen LogP contribution in [0.25, 0.3) is 0 Å². The molecule has 3 unspecified atom stereocenters. The molecule has 118 valence electrons. The number of nitrogens with zero attached hydrogens (tertiary/aromatic N) is 1. The van der Waals surface area contributed by atoms with Gasteiger partial charge < -0.3 is 4.90 Å². The third-order valence-electron chi connectivity index (χ3n) is 3.72. The van der Waals surface area contributed by atoms with Crippen LogP contribution in [0.3, 0.4) is 0 Å². The molecule has 0 radical (unpaired) electrons. The minimum absolute atomic E-state index is 0.0180. The van der Waals surface area contributed by atoms with E-state index in [1.807, 2.05) is 20.8 Å². The van der Waals surface area contributed by atoms with Gasteiger partial charge in [-0.2, -0.15) is 0 Å². The van der Waals surface area contributed by atoms with E-state index in [1.165, 1.54) is 6.26 Å². The van der Waals surface area contributed by atoms with Crippen molar-refractivity contribution in [2.45, 2.75) is 65.2 Å². The Morgan fingerprint density at radius 2 is 1.90 bits per heavy atom. The number of carbonyl (C=O) groups is 1. The van der Waals surface area contributed by atoms with Gasteiger partial charge in [0.05, 0.1) is 18.0 Å². The summed E-state index contributed by atoms with van der Waals surface area (Å²) >= 11 is 0. The predicted octanol–water partition coefficient (Wildman–Crippen LogP) is 1.39. The average molecular weight is 304 g/mol. The highest BCUT2D eigenvalue weighted by atomic mass is 32.2. The van der Waals surface area contributed by atoms with E-state index < -0.39 is 9.84 Å². The van der Waals surface area contributed by atoms with E-state index in [1.54, 1.807) is 4.90 Å². The number of unbranched alkanes of at least 4 members (excludes halogenated alkanes) is 1. The molecule has 0 aromatic heterocycles. The predicted molar refractivity (Wildman–Crippen MR) is 81.1 cm³/mol. The summed E-state index contributed by atoms with van der Waals surface area (Å²) < 4.78 is 23.0. The van der Waals surface area contributed by atoms with E-state index in [0.717, 1.165) is 19.3 Å². The summed E-state index contributed by atoms with van der Waals surface area (Å²) in [5.74, 6) is 0.324. The lowest BCUT2D eigenvalue weighted by Crippen LogP contribution is -2.48. The number of sulfone groups is 1. The molecular weight excluding hydrogens is 276 g/mol. The van der Waals surface area contributed by atoms with Gasteiger partial charge in [-0.05, 0) is 19.3 Å². The standard InChI is InChI=1S/C14H28N2O3S/c1-6-7-8-12-14(17)16(13(15-12)10(2)3)11(4)9-20(5,18)19/h10-13,15H,6-9H2,1-5H3. The molecule has 1 saturated heterocycles. The van der Waals surface area contributed by atoms with Gasteiger partial charge in [0.1, 0.15) is 9.84 Å². The number of rotatable bonds is 7. The van der Waals surface area contributed by atoms with Crippen molar-refractivity contribution in [3.63, 3.8) is 0 Å². The van der Waals surface area contributed by atoms with Gasteiger partial charge >= 0.3 is 0 Å². The number of carbonyl (C=O) groups excluding carboxylic acids is 1. The molecule has 1 heterocycles. The van der Waals surface area contributed by atoms with Crippen LogP contribution in [0.4, 0.5) is 0 Å². The highest BCUT2D eigenvalue weighted by Crippen LogP contribution is 2.23. The molecule has 0 aromatic carbocycles. The Labute approximate surface area is 123 Å². The Hall–Kier alpha value is -0.620. The quantitative estimate of drug-likeness (QED) is 0.772. The van der Waals surface area contributed by atoms with Crippen LogP contribution in [0.5, 0.6) is 0 Å². The molecule has 0 spiro atoms. The fraction of sp³-hybridized carbons (Fsp3) is 0.929. The van der Waals surface area contributed by atoms with E-state index in [2.05, 4.69) is 12.2 Å². The van der Waals surface area contributed by atoms with Gasteiger partial charge in [-0.1, -0.05) is 33.6 Å². The van der Waals surface area contributed by atoms with Crippen LogP contribution in [0.1, 0.15) is 47.0 Å². The lowest BCUT2D eigenvalue weighted by atomic mass is 10.1. The summed E-state index contributed by atoms with van der Waals surface area (Å²) in [6.07, 6.45) is 4.03. The van der Waals surface area contributed by atoms with E-state index in [9.17, 15) is 13.2 Å². The van der Waals surface area contributed by atoms with Gasteiger partial charge in [0.2, 0.25) is 5.91 Å². The van der Waals surface area contributed by atoms with Crippen molar-refractivity contribution >= 4 is 15.7 Å². The van der Waals surface area contributed by atoms with Crippen LogP contribution in [-0.4, -0.2) is 49.5 Å². The zero-order valence-electron chi connectivity index (χ0n) is 13.2. The molecule has 0 bridgehead atoms. The van der Waals surface area contributed by atoms with Crippen LogP contribution in [0, 0.1) is 5.92 Å². The number of amides is 1. The average Bonchev–Trinajstić information content (AvgIpc) is 2.61. The zero-order valence-corrected chi connectivity index (χ0v) is 14.0. The van der Waals surface area contributed by atoms with Crippen LogP contribution < -0.4 is 5.32 Å². The van der Waals surface area contributed by atoms with Gasteiger partial charge in [-0.25, -0.2) is 8.42 Å². The Bertz CT molecular complexity index is 434. The zero-order chi connectivity index (χ0) is 15.5. The summed E-state index contributed by atoms with van der Waals surface area (Å²) in [6.45, 7) is 8.02. The van der Waals surface area contributed by atoms with Crippen LogP contribution in [-0.2, 0) is 14.6 Å². The van der Waals surface area contributed by atoms with Crippen molar-refractivity contribution in [3.05, 3.63) is 0 Å². The first-order valence-electron chi connectivity index (χ1n) is 7.43. The summed E-state index contributed by atoms with van der Waals surface area (Å²) in [7, 11) is -3.09. The first kappa shape index (κ1) is 17.4. The van der Waals surface area contributed by atoms with Crippen LogP contribution in [0.2, 0.25) is 0 Å². The topological polar surface area (TPSA) is 66.5 Å². The smallest absolute Gasteiger partial charge is 0.241 e. The maximum atomic E-state index is 12.5. The molecule has 0 aliphatic carbocycles. The molecule has 3 atom stereocenters. The molecule has 20 heavy (non-hydrogen) atoms. The first-order valence-corrected chi connectivity index (χ1v) is 9.49. The van der Waals surface area contributed by atoms with E-state index >= 15 is 0 Å². The Balaban J connectivity index is 2.86. The van der Waals surface area contributed by atoms with Crippen molar-refractivity contribution in [2.75, 3.05) is 12.0 Å². The van der Waals surface area contributed by atoms with Crippen molar-refractivity contribution in [1.82, 2.24) is 10.2 Å². The number of hydrogen-bond acceptors (Lipinski definition) is 4. The van der Waals surface area contributed by atoms with Crippen molar-refractivity contribution in [1.29, 1.82) is 0 Å². The molecule has 0 saturated carbocycles.